The van der Waals surface area contributed by atoms with Crippen molar-refractivity contribution in [3.8, 4) is 5.75 Å². The second-order valence-corrected chi connectivity index (χ2v) is 9.13. The molecule has 0 aliphatic carbocycles. The number of nitrogens with one attached hydrogen (secondary N) is 1. The van der Waals surface area contributed by atoms with E-state index in [4.69, 9.17) is 26.8 Å². The van der Waals surface area contributed by atoms with Crippen molar-refractivity contribution in [2.75, 3.05) is 38.2 Å². The maximum absolute atomic E-state index is 12.7. The number of hydrogen-bond acceptors (Lipinski definition) is 6. The van der Waals surface area contributed by atoms with Crippen LogP contribution in [0.2, 0.25) is 5.02 Å². The van der Waals surface area contributed by atoms with E-state index in [1.165, 1.54) is 22.5 Å². The highest BCUT2D eigenvalue weighted by atomic mass is 35.5. The molecule has 1 saturated heterocycles. The molecule has 0 bridgehead atoms. The first kappa shape index (κ1) is 23.0. The number of carbonyl (C=O) groups excluding carboxylic acids is 2. The minimum absolute atomic E-state index is 0.0484. The molecule has 1 heterocycles. The Morgan fingerprint density at radius 1 is 1.13 bits per heavy atom. The van der Waals surface area contributed by atoms with Crippen molar-refractivity contribution in [3.05, 3.63) is 53.1 Å². The number of sulfonamides is 1. The predicted octanol–water partition coefficient (Wildman–Crippen LogP) is 1.41. The lowest BCUT2D eigenvalue weighted by Gasteiger charge is -2.26. The van der Waals surface area contributed by atoms with E-state index in [1.54, 1.807) is 24.3 Å². The van der Waals surface area contributed by atoms with E-state index in [2.05, 4.69) is 5.32 Å². The van der Waals surface area contributed by atoms with Crippen LogP contribution in [0.25, 0.3) is 0 Å². The first-order valence-electron chi connectivity index (χ1n) is 9.43. The number of nitrogens with two attached hydrogens (primary N) is 1. The summed E-state index contributed by atoms with van der Waals surface area (Å²) in [4.78, 5) is 23.1. The van der Waals surface area contributed by atoms with E-state index in [1.807, 2.05) is 0 Å². The van der Waals surface area contributed by atoms with E-state index < -0.39 is 21.8 Å². The zero-order valence-corrected chi connectivity index (χ0v) is 18.1. The topological polar surface area (TPSA) is 128 Å². The SMILES string of the molecule is NC(=O)Cc1ccc(NC(=O)COc2ccc(S(=O)(=O)N3CCOCC3)cc2Cl)cc1. The number of morpholine rings is 1. The standard InChI is InChI=1S/C20H22ClN3O6S/c21-17-12-16(31(27,28)24-7-9-29-10-8-24)5-6-18(17)30-13-20(26)23-15-3-1-14(2-4-15)11-19(22)25/h1-6,12H,7-11,13H2,(H2,22,25)(H,23,26). The number of anilines is 1. The van der Waals surface area contributed by atoms with Crippen molar-refractivity contribution in [1.29, 1.82) is 0 Å². The quantitative estimate of drug-likeness (QED) is 0.604. The zero-order chi connectivity index (χ0) is 22.4. The van der Waals surface area contributed by atoms with E-state index in [9.17, 15) is 18.0 Å². The van der Waals surface area contributed by atoms with Gasteiger partial charge in [0.2, 0.25) is 15.9 Å². The second-order valence-electron chi connectivity index (χ2n) is 6.79. The van der Waals surface area contributed by atoms with Gasteiger partial charge in [0.05, 0.1) is 29.6 Å². The molecule has 0 atom stereocenters. The number of ether oxygens (including phenoxy) is 2. The highest BCUT2D eigenvalue weighted by Gasteiger charge is 2.27. The normalized spacial score (nSPS) is 14.7. The van der Waals surface area contributed by atoms with Gasteiger partial charge < -0.3 is 20.5 Å². The minimum atomic E-state index is -3.68. The predicted molar refractivity (Wildman–Crippen MR) is 114 cm³/mol. The number of amides is 2. The van der Waals surface area contributed by atoms with Gasteiger partial charge in [-0.3, -0.25) is 9.59 Å². The zero-order valence-electron chi connectivity index (χ0n) is 16.5. The third-order valence-electron chi connectivity index (χ3n) is 4.49. The van der Waals surface area contributed by atoms with Crippen molar-refractivity contribution in [3.63, 3.8) is 0 Å². The molecule has 11 heteroatoms. The fourth-order valence-electron chi connectivity index (χ4n) is 2.94. The van der Waals surface area contributed by atoms with Crippen LogP contribution in [0, 0.1) is 0 Å². The molecule has 0 saturated carbocycles. The molecular weight excluding hydrogens is 446 g/mol. The molecule has 3 rings (SSSR count). The summed E-state index contributed by atoms with van der Waals surface area (Å²) < 4.78 is 37.3. The Morgan fingerprint density at radius 2 is 1.81 bits per heavy atom. The Bertz CT molecular complexity index is 1050. The number of rotatable bonds is 8. The third kappa shape index (κ3) is 6.17. The van der Waals surface area contributed by atoms with Crippen molar-refractivity contribution in [1.82, 2.24) is 4.31 Å². The Balaban J connectivity index is 1.57. The maximum Gasteiger partial charge on any atom is 0.262 e. The summed E-state index contributed by atoms with van der Waals surface area (Å²) >= 11 is 6.17. The smallest absolute Gasteiger partial charge is 0.262 e. The van der Waals surface area contributed by atoms with Crippen molar-refractivity contribution in [2.45, 2.75) is 11.3 Å². The summed E-state index contributed by atoms with van der Waals surface area (Å²) in [6.45, 7) is 0.927. The Kier molecular flexibility index (Phi) is 7.50. The lowest BCUT2D eigenvalue weighted by Crippen LogP contribution is -2.40. The Morgan fingerprint density at radius 3 is 2.42 bits per heavy atom. The van der Waals surface area contributed by atoms with Gasteiger partial charge in [0.25, 0.3) is 5.91 Å². The number of benzene rings is 2. The number of hydrogen-bond donors (Lipinski definition) is 2. The molecule has 1 aliphatic rings. The van der Waals surface area contributed by atoms with E-state index >= 15 is 0 Å². The van der Waals surface area contributed by atoms with Gasteiger partial charge in [-0.2, -0.15) is 4.31 Å². The second kappa shape index (κ2) is 10.1. The molecule has 0 radical (unpaired) electrons. The van der Waals surface area contributed by atoms with Crippen LogP contribution >= 0.6 is 11.6 Å². The van der Waals surface area contributed by atoms with E-state index in [0.29, 0.717) is 18.9 Å². The van der Waals surface area contributed by atoms with Crippen LogP contribution in [0.15, 0.2) is 47.4 Å². The first-order chi connectivity index (χ1) is 14.8. The molecule has 31 heavy (non-hydrogen) atoms. The van der Waals surface area contributed by atoms with Crippen LogP contribution in [0.1, 0.15) is 5.56 Å². The van der Waals surface area contributed by atoms with Crippen molar-refractivity contribution >= 4 is 39.1 Å². The summed E-state index contributed by atoms with van der Waals surface area (Å²) in [6.07, 6.45) is 0.118. The molecular formula is C20H22ClN3O6S. The van der Waals surface area contributed by atoms with Gasteiger partial charge in [-0.25, -0.2) is 8.42 Å². The van der Waals surface area contributed by atoms with Gasteiger partial charge in [0, 0.05) is 18.8 Å². The van der Waals surface area contributed by atoms with E-state index in [-0.39, 0.29) is 41.8 Å². The molecule has 2 aromatic rings. The Labute approximate surface area is 185 Å². The molecule has 166 valence electrons. The molecule has 9 nitrogen and oxygen atoms in total. The lowest BCUT2D eigenvalue weighted by atomic mass is 10.1. The van der Waals surface area contributed by atoms with Gasteiger partial charge in [-0.05, 0) is 35.9 Å². The van der Waals surface area contributed by atoms with Crippen LogP contribution < -0.4 is 15.8 Å². The van der Waals surface area contributed by atoms with Gasteiger partial charge in [-0.15, -0.1) is 0 Å². The average Bonchev–Trinajstić information content (AvgIpc) is 2.74. The maximum atomic E-state index is 12.7. The molecule has 1 fully saturated rings. The highest BCUT2D eigenvalue weighted by Crippen LogP contribution is 2.29. The van der Waals surface area contributed by atoms with Crippen LogP contribution in [0.3, 0.4) is 0 Å². The van der Waals surface area contributed by atoms with E-state index in [0.717, 1.165) is 5.56 Å². The number of halogens is 1. The summed E-state index contributed by atoms with van der Waals surface area (Å²) in [5.41, 5.74) is 6.41. The van der Waals surface area contributed by atoms with Crippen molar-refractivity contribution < 1.29 is 27.5 Å². The molecule has 2 amide bonds. The Hall–Kier alpha value is -2.66. The largest absolute Gasteiger partial charge is 0.482 e. The summed E-state index contributed by atoms with van der Waals surface area (Å²) in [5.74, 6) is -0.677. The van der Waals surface area contributed by atoms with Crippen LogP contribution in [-0.4, -0.2) is 57.4 Å². The van der Waals surface area contributed by atoms with Gasteiger partial charge in [-0.1, -0.05) is 23.7 Å². The number of primary amides is 1. The van der Waals surface area contributed by atoms with Crippen LogP contribution in [0.5, 0.6) is 5.75 Å². The fraction of sp³-hybridized carbons (Fsp3) is 0.300. The summed E-state index contributed by atoms with van der Waals surface area (Å²) in [6, 6.07) is 10.8. The first-order valence-corrected chi connectivity index (χ1v) is 11.2. The minimum Gasteiger partial charge on any atom is -0.482 e. The van der Waals surface area contributed by atoms with Crippen LogP contribution in [-0.2, 0) is 30.8 Å². The number of carbonyl (C=O) groups is 2. The number of nitrogens with zero attached hydrogens (tertiary/aromatic N) is 1. The fourth-order valence-corrected chi connectivity index (χ4v) is 4.68. The van der Waals surface area contributed by atoms with Gasteiger partial charge in [0.1, 0.15) is 5.75 Å². The highest BCUT2D eigenvalue weighted by molar-refractivity contribution is 7.89. The lowest BCUT2D eigenvalue weighted by molar-refractivity contribution is -0.118. The molecule has 3 N–H and O–H groups in total. The molecule has 2 aromatic carbocycles. The third-order valence-corrected chi connectivity index (χ3v) is 6.68. The van der Waals surface area contributed by atoms with Gasteiger partial charge >= 0.3 is 0 Å². The monoisotopic (exact) mass is 467 g/mol. The molecule has 0 spiro atoms. The summed E-state index contributed by atoms with van der Waals surface area (Å²) in [5, 5.41) is 2.73. The van der Waals surface area contributed by atoms with Gasteiger partial charge in [0.15, 0.2) is 6.61 Å². The average molecular weight is 468 g/mol. The molecule has 0 unspecified atom stereocenters. The van der Waals surface area contributed by atoms with Crippen molar-refractivity contribution in [2.24, 2.45) is 5.73 Å². The summed E-state index contributed by atoms with van der Waals surface area (Å²) in [7, 11) is -3.68. The molecule has 0 aromatic heterocycles. The molecule has 1 aliphatic heterocycles. The van der Waals surface area contributed by atoms with Crippen LogP contribution in [0.4, 0.5) is 5.69 Å².